The summed E-state index contributed by atoms with van der Waals surface area (Å²) in [4.78, 5) is 23.1. The van der Waals surface area contributed by atoms with Gasteiger partial charge in [-0.15, -0.1) is 0 Å². The quantitative estimate of drug-likeness (QED) is 0.726. The number of carboxylic acid groups (broad SMARTS) is 1. The van der Waals surface area contributed by atoms with E-state index in [1.807, 2.05) is 24.3 Å². The maximum absolute atomic E-state index is 12.2. The summed E-state index contributed by atoms with van der Waals surface area (Å²) in [5.74, 6) is -0.328. The molecule has 0 bridgehead atoms. The first-order chi connectivity index (χ1) is 11.5. The number of hydrogen-bond acceptors (Lipinski definition) is 4. The second-order valence-corrected chi connectivity index (χ2v) is 5.49. The molecule has 1 amide bonds. The fraction of sp³-hybridized carbons (Fsp3) is 0.333. The van der Waals surface area contributed by atoms with E-state index in [0.29, 0.717) is 17.7 Å². The molecular weight excluding hydrogens is 310 g/mol. The van der Waals surface area contributed by atoms with Gasteiger partial charge in [-0.25, -0.2) is 0 Å². The van der Waals surface area contributed by atoms with Gasteiger partial charge >= 0.3 is 5.97 Å². The number of carbonyl (C=O) groups is 2. The van der Waals surface area contributed by atoms with E-state index in [9.17, 15) is 9.59 Å². The van der Waals surface area contributed by atoms with Crippen LogP contribution in [0.25, 0.3) is 0 Å². The van der Waals surface area contributed by atoms with Gasteiger partial charge in [-0.3, -0.25) is 9.59 Å². The van der Waals surface area contributed by atoms with Crippen LogP contribution in [0.3, 0.4) is 0 Å². The highest BCUT2D eigenvalue weighted by molar-refractivity contribution is 5.97. The maximum Gasteiger partial charge on any atom is 0.311 e. The molecule has 1 aromatic heterocycles. The molecule has 0 saturated heterocycles. The van der Waals surface area contributed by atoms with Crippen molar-refractivity contribution in [3.8, 4) is 5.75 Å². The molecule has 0 aliphatic rings. The molecular formula is C18H21NO5. The molecule has 0 atom stereocenters. The van der Waals surface area contributed by atoms with E-state index in [-0.39, 0.29) is 18.1 Å². The normalized spacial score (nSPS) is 10.4. The molecule has 0 fully saturated rings. The average molecular weight is 331 g/mol. The number of benzene rings is 1. The third-order valence-corrected chi connectivity index (χ3v) is 3.68. The van der Waals surface area contributed by atoms with E-state index in [1.54, 1.807) is 14.0 Å². The van der Waals surface area contributed by atoms with Gasteiger partial charge in [0, 0.05) is 12.1 Å². The zero-order valence-electron chi connectivity index (χ0n) is 13.8. The first kappa shape index (κ1) is 17.6. The minimum atomic E-state index is -1.03. The number of carbonyl (C=O) groups excluding carboxylic acids is 1. The Balaban J connectivity index is 1.85. The van der Waals surface area contributed by atoms with Crippen LogP contribution in [-0.4, -0.2) is 30.6 Å². The van der Waals surface area contributed by atoms with Gasteiger partial charge in [0.1, 0.15) is 17.9 Å². The number of ether oxygens (including phenoxy) is 1. The van der Waals surface area contributed by atoms with E-state index < -0.39 is 5.97 Å². The van der Waals surface area contributed by atoms with Gasteiger partial charge in [0.2, 0.25) is 0 Å². The number of aliphatic carboxylic acids is 1. The summed E-state index contributed by atoms with van der Waals surface area (Å²) in [6, 6.07) is 7.79. The van der Waals surface area contributed by atoms with Crippen LogP contribution in [0.2, 0.25) is 0 Å². The van der Waals surface area contributed by atoms with Crippen molar-refractivity contribution in [2.75, 3.05) is 13.7 Å². The number of methoxy groups -OCH3 is 1. The molecule has 2 rings (SSSR count). The molecule has 1 heterocycles. The summed E-state index contributed by atoms with van der Waals surface area (Å²) < 4.78 is 10.3. The topological polar surface area (TPSA) is 88.8 Å². The van der Waals surface area contributed by atoms with Gasteiger partial charge in [0.15, 0.2) is 0 Å². The van der Waals surface area contributed by atoms with Crippen LogP contribution in [0.4, 0.5) is 0 Å². The van der Waals surface area contributed by atoms with Crippen LogP contribution < -0.4 is 10.1 Å². The van der Waals surface area contributed by atoms with Gasteiger partial charge < -0.3 is 19.6 Å². The van der Waals surface area contributed by atoms with Crippen LogP contribution in [0.15, 0.2) is 34.9 Å². The largest absolute Gasteiger partial charge is 0.497 e. The van der Waals surface area contributed by atoms with Crippen molar-refractivity contribution in [3.63, 3.8) is 0 Å². The predicted molar refractivity (Wildman–Crippen MR) is 88.4 cm³/mol. The molecule has 6 nitrogen and oxygen atoms in total. The lowest BCUT2D eigenvalue weighted by Crippen LogP contribution is -2.26. The highest BCUT2D eigenvalue weighted by Gasteiger charge is 2.20. The van der Waals surface area contributed by atoms with Gasteiger partial charge in [-0.05, 0) is 37.5 Å². The lowest BCUT2D eigenvalue weighted by Gasteiger charge is -2.07. The molecule has 0 aliphatic heterocycles. The van der Waals surface area contributed by atoms with E-state index in [0.717, 1.165) is 24.2 Å². The van der Waals surface area contributed by atoms with Crippen molar-refractivity contribution in [2.24, 2.45) is 0 Å². The summed E-state index contributed by atoms with van der Waals surface area (Å²) >= 11 is 0. The number of furan rings is 1. The first-order valence-electron chi connectivity index (χ1n) is 7.71. The molecule has 2 N–H and O–H groups in total. The summed E-state index contributed by atoms with van der Waals surface area (Å²) in [6.45, 7) is 2.23. The van der Waals surface area contributed by atoms with Crippen LogP contribution in [0.5, 0.6) is 5.75 Å². The SMILES string of the molecule is COc1ccc(CCCNC(=O)c2c(C)coc2CC(=O)O)cc1. The van der Waals surface area contributed by atoms with Crippen LogP contribution >= 0.6 is 0 Å². The number of amides is 1. The van der Waals surface area contributed by atoms with Gasteiger partial charge in [-0.2, -0.15) is 0 Å². The molecule has 0 aliphatic carbocycles. The van der Waals surface area contributed by atoms with E-state index in [1.165, 1.54) is 6.26 Å². The minimum Gasteiger partial charge on any atom is -0.497 e. The van der Waals surface area contributed by atoms with Crippen LogP contribution in [-0.2, 0) is 17.6 Å². The lowest BCUT2D eigenvalue weighted by molar-refractivity contribution is -0.136. The van der Waals surface area contributed by atoms with Gasteiger partial charge in [-0.1, -0.05) is 12.1 Å². The highest BCUT2D eigenvalue weighted by Crippen LogP contribution is 2.17. The Kier molecular flexibility index (Phi) is 6.01. The van der Waals surface area contributed by atoms with Gasteiger partial charge in [0.25, 0.3) is 5.91 Å². The third kappa shape index (κ3) is 4.62. The van der Waals surface area contributed by atoms with Crippen molar-refractivity contribution in [3.05, 3.63) is 53.0 Å². The summed E-state index contributed by atoms with van der Waals surface area (Å²) in [6.07, 6.45) is 2.72. The fourth-order valence-corrected chi connectivity index (χ4v) is 2.45. The minimum absolute atomic E-state index is 0.188. The van der Waals surface area contributed by atoms with Crippen molar-refractivity contribution >= 4 is 11.9 Å². The predicted octanol–water partition coefficient (Wildman–Crippen LogP) is 2.59. The summed E-state index contributed by atoms with van der Waals surface area (Å²) in [7, 11) is 1.63. The standard InChI is InChI=1S/C18H21NO5/c1-12-11-24-15(10-16(20)21)17(12)18(22)19-9-3-4-13-5-7-14(23-2)8-6-13/h5-8,11H,3-4,9-10H2,1-2H3,(H,19,22)(H,20,21). The monoisotopic (exact) mass is 331 g/mol. The van der Waals surface area contributed by atoms with Crippen LogP contribution in [0, 0.1) is 6.92 Å². The van der Waals surface area contributed by atoms with Crippen LogP contribution in [0.1, 0.15) is 33.7 Å². The molecule has 2 aromatic rings. The van der Waals surface area contributed by atoms with Crippen molar-refractivity contribution in [1.82, 2.24) is 5.32 Å². The van der Waals surface area contributed by atoms with Crippen molar-refractivity contribution in [1.29, 1.82) is 0 Å². The summed E-state index contributed by atoms with van der Waals surface area (Å²) in [5.41, 5.74) is 2.12. The Bertz CT molecular complexity index is 703. The van der Waals surface area contributed by atoms with E-state index in [4.69, 9.17) is 14.3 Å². The average Bonchev–Trinajstić information content (AvgIpc) is 2.91. The smallest absolute Gasteiger partial charge is 0.311 e. The molecule has 0 saturated carbocycles. The number of carboxylic acids is 1. The Morgan fingerprint density at radius 2 is 1.96 bits per heavy atom. The molecule has 24 heavy (non-hydrogen) atoms. The van der Waals surface area contributed by atoms with Crippen molar-refractivity contribution < 1.29 is 23.8 Å². The molecule has 0 unspecified atom stereocenters. The Labute approximate surface area is 140 Å². The number of aryl methyl sites for hydroxylation is 2. The molecule has 1 aromatic carbocycles. The zero-order valence-corrected chi connectivity index (χ0v) is 13.8. The van der Waals surface area contributed by atoms with E-state index >= 15 is 0 Å². The number of hydrogen-bond donors (Lipinski definition) is 2. The second kappa shape index (κ2) is 8.19. The highest BCUT2D eigenvalue weighted by atomic mass is 16.5. The molecule has 0 radical (unpaired) electrons. The second-order valence-electron chi connectivity index (χ2n) is 5.49. The molecule has 0 spiro atoms. The maximum atomic E-state index is 12.2. The van der Waals surface area contributed by atoms with Crippen molar-refractivity contribution in [2.45, 2.75) is 26.2 Å². The Morgan fingerprint density at radius 3 is 2.58 bits per heavy atom. The number of nitrogens with one attached hydrogen (secondary N) is 1. The third-order valence-electron chi connectivity index (χ3n) is 3.68. The Hall–Kier alpha value is -2.76. The first-order valence-corrected chi connectivity index (χ1v) is 7.71. The molecule has 6 heteroatoms. The van der Waals surface area contributed by atoms with E-state index in [2.05, 4.69) is 5.32 Å². The summed E-state index contributed by atoms with van der Waals surface area (Å²) in [5, 5.41) is 11.7. The zero-order chi connectivity index (χ0) is 17.5. The molecule has 128 valence electrons. The number of rotatable bonds is 8. The lowest BCUT2D eigenvalue weighted by atomic mass is 10.1. The fourth-order valence-electron chi connectivity index (χ4n) is 2.45. The van der Waals surface area contributed by atoms with Gasteiger partial charge in [0.05, 0.1) is 18.9 Å². The Morgan fingerprint density at radius 1 is 1.25 bits per heavy atom.